The van der Waals surface area contributed by atoms with Gasteiger partial charge in [0.1, 0.15) is 12.4 Å². The zero-order chi connectivity index (χ0) is 16.1. The molecule has 3 nitrogen and oxygen atoms in total. The van der Waals surface area contributed by atoms with Gasteiger partial charge in [-0.25, -0.2) is 0 Å². The van der Waals surface area contributed by atoms with E-state index in [0.29, 0.717) is 12.1 Å². The fourth-order valence-corrected chi connectivity index (χ4v) is 1.74. The van der Waals surface area contributed by atoms with E-state index in [2.05, 4.69) is 5.32 Å². The maximum Gasteiger partial charge on any atom is 0.419 e. The minimum Gasteiger partial charge on any atom is -0.491 e. The quantitative estimate of drug-likeness (QED) is 0.814. The van der Waals surface area contributed by atoms with Crippen molar-refractivity contribution in [2.45, 2.75) is 39.1 Å². The second-order valence-electron chi connectivity index (χ2n) is 5.67. The first-order valence-electron chi connectivity index (χ1n) is 6.75. The molecule has 0 bridgehead atoms. The van der Waals surface area contributed by atoms with E-state index in [1.54, 1.807) is 13.1 Å². The Labute approximate surface area is 123 Å². The SMILES string of the molecule is CNCc1ccc(OCCOC(C)(C)C)c(C(F)(F)F)c1. The van der Waals surface area contributed by atoms with Crippen molar-refractivity contribution in [3.63, 3.8) is 0 Å². The molecular weight excluding hydrogens is 283 g/mol. The van der Waals surface area contributed by atoms with Gasteiger partial charge < -0.3 is 14.8 Å². The largest absolute Gasteiger partial charge is 0.491 e. The zero-order valence-electron chi connectivity index (χ0n) is 12.8. The van der Waals surface area contributed by atoms with Gasteiger partial charge in [-0.3, -0.25) is 0 Å². The van der Waals surface area contributed by atoms with Crippen LogP contribution in [-0.4, -0.2) is 25.9 Å². The molecule has 21 heavy (non-hydrogen) atoms. The van der Waals surface area contributed by atoms with E-state index in [1.165, 1.54) is 6.07 Å². The smallest absolute Gasteiger partial charge is 0.419 e. The van der Waals surface area contributed by atoms with Crippen LogP contribution < -0.4 is 10.1 Å². The molecule has 1 rings (SSSR count). The van der Waals surface area contributed by atoms with Gasteiger partial charge in [0.05, 0.1) is 17.8 Å². The molecule has 1 aromatic carbocycles. The molecule has 0 saturated carbocycles. The maximum atomic E-state index is 13.0. The number of hydrogen-bond acceptors (Lipinski definition) is 3. The van der Waals surface area contributed by atoms with Crippen molar-refractivity contribution in [2.75, 3.05) is 20.3 Å². The molecule has 0 aliphatic carbocycles. The van der Waals surface area contributed by atoms with Crippen molar-refractivity contribution in [3.05, 3.63) is 29.3 Å². The van der Waals surface area contributed by atoms with Gasteiger partial charge in [0.2, 0.25) is 0 Å². The number of rotatable bonds is 6. The van der Waals surface area contributed by atoms with E-state index < -0.39 is 11.7 Å². The van der Waals surface area contributed by atoms with Gasteiger partial charge in [0.15, 0.2) is 0 Å². The van der Waals surface area contributed by atoms with Crippen LogP contribution in [0.25, 0.3) is 0 Å². The van der Waals surface area contributed by atoms with E-state index in [4.69, 9.17) is 9.47 Å². The summed E-state index contributed by atoms with van der Waals surface area (Å²) in [5.41, 5.74) is -0.540. The van der Waals surface area contributed by atoms with Crippen molar-refractivity contribution in [2.24, 2.45) is 0 Å². The van der Waals surface area contributed by atoms with Gasteiger partial charge in [-0.1, -0.05) is 6.07 Å². The lowest BCUT2D eigenvalue weighted by Gasteiger charge is -2.20. The Morgan fingerprint density at radius 1 is 1.10 bits per heavy atom. The molecule has 0 aromatic heterocycles. The first kappa shape index (κ1) is 17.8. The van der Waals surface area contributed by atoms with Crippen LogP contribution in [0.5, 0.6) is 5.75 Å². The fraction of sp³-hybridized carbons (Fsp3) is 0.600. The lowest BCUT2D eigenvalue weighted by Crippen LogP contribution is -2.23. The number of benzene rings is 1. The Morgan fingerprint density at radius 2 is 1.76 bits per heavy atom. The summed E-state index contributed by atoms with van der Waals surface area (Å²) < 4.78 is 49.8. The predicted octanol–water partition coefficient (Wildman–Crippen LogP) is 3.62. The van der Waals surface area contributed by atoms with Crippen LogP contribution in [0.3, 0.4) is 0 Å². The topological polar surface area (TPSA) is 30.5 Å². The highest BCUT2D eigenvalue weighted by molar-refractivity contribution is 5.39. The molecule has 1 N–H and O–H groups in total. The summed E-state index contributed by atoms with van der Waals surface area (Å²) in [5.74, 6) is -0.167. The van der Waals surface area contributed by atoms with Gasteiger partial charge in [-0.2, -0.15) is 13.2 Å². The first-order chi connectivity index (χ1) is 9.63. The van der Waals surface area contributed by atoms with Crippen LogP contribution in [0.1, 0.15) is 31.9 Å². The van der Waals surface area contributed by atoms with Crippen molar-refractivity contribution in [1.29, 1.82) is 0 Å². The number of hydrogen-bond donors (Lipinski definition) is 1. The molecule has 0 fully saturated rings. The summed E-state index contributed by atoms with van der Waals surface area (Å²) in [7, 11) is 1.68. The van der Waals surface area contributed by atoms with E-state index in [0.717, 1.165) is 6.07 Å². The van der Waals surface area contributed by atoms with Gasteiger partial charge in [0.25, 0.3) is 0 Å². The number of nitrogens with one attached hydrogen (secondary N) is 1. The summed E-state index contributed by atoms with van der Waals surface area (Å²) in [6, 6.07) is 4.08. The van der Waals surface area contributed by atoms with Crippen molar-refractivity contribution < 1.29 is 22.6 Å². The fourth-order valence-electron chi connectivity index (χ4n) is 1.74. The molecule has 0 heterocycles. The van der Waals surface area contributed by atoms with Crippen molar-refractivity contribution >= 4 is 0 Å². The third-order valence-electron chi connectivity index (χ3n) is 2.61. The summed E-state index contributed by atoms with van der Waals surface area (Å²) in [5, 5.41) is 2.82. The molecule has 6 heteroatoms. The van der Waals surface area contributed by atoms with Crippen molar-refractivity contribution in [3.8, 4) is 5.75 Å². The highest BCUT2D eigenvalue weighted by Gasteiger charge is 2.34. The molecule has 0 atom stereocenters. The number of ether oxygens (including phenoxy) is 2. The monoisotopic (exact) mass is 305 g/mol. The van der Waals surface area contributed by atoms with E-state index in [1.807, 2.05) is 20.8 Å². The molecule has 0 amide bonds. The number of halogens is 3. The standard InChI is InChI=1S/C15H22F3NO2/c1-14(2,3)21-8-7-20-13-6-5-11(10-19-4)9-12(13)15(16,17)18/h5-6,9,19H,7-8,10H2,1-4H3. The summed E-state index contributed by atoms with van der Waals surface area (Å²) in [4.78, 5) is 0. The van der Waals surface area contributed by atoms with Gasteiger partial charge in [-0.05, 0) is 45.5 Å². The number of alkyl halides is 3. The van der Waals surface area contributed by atoms with Crippen LogP contribution in [0.15, 0.2) is 18.2 Å². The van der Waals surface area contributed by atoms with Gasteiger partial charge in [-0.15, -0.1) is 0 Å². The molecule has 0 unspecified atom stereocenters. The van der Waals surface area contributed by atoms with Crippen LogP contribution >= 0.6 is 0 Å². The molecule has 0 aliphatic rings. The Balaban J connectivity index is 2.77. The molecule has 0 radical (unpaired) electrons. The highest BCUT2D eigenvalue weighted by atomic mass is 19.4. The second kappa shape index (κ2) is 7.13. The van der Waals surface area contributed by atoms with Crippen LogP contribution in [0.2, 0.25) is 0 Å². The molecule has 1 aromatic rings. The lowest BCUT2D eigenvalue weighted by molar-refractivity contribution is -0.139. The normalized spacial score (nSPS) is 12.5. The average Bonchev–Trinajstić information content (AvgIpc) is 2.34. The van der Waals surface area contributed by atoms with E-state index in [9.17, 15) is 13.2 Å². The van der Waals surface area contributed by atoms with Crippen LogP contribution in [-0.2, 0) is 17.5 Å². The van der Waals surface area contributed by atoms with Crippen LogP contribution in [0.4, 0.5) is 13.2 Å². The summed E-state index contributed by atoms with van der Waals surface area (Å²) >= 11 is 0. The Hall–Kier alpha value is -1.27. The van der Waals surface area contributed by atoms with Crippen molar-refractivity contribution in [1.82, 2.24) is 5.32 Å². The van der Waals surface area contributed by atoms with Gasteiger partial charge >= 0.3 is 6.18 Å². The van der Waals surface area contributed by atoms with Crippen LogP contribution in [0, 0.1) is 0 Å². The summed E-state index contributed by atoms with van der Waals surface area (Å²) in [6.45, 7) is 6.31. The Morgan fingerprint density at radius 3 is 2.29 bits per heavy atom. The minimum absolute atomic E-state index is 0.0751. The Bertz CT molecular complexity index is 453. The highest BCUT2D eigenvalue weighted by Crippen LogP contribution is 2.36. The molecular formula is C15H22F3NO2. The molecule has 0 spiro atoms. The second-order valence-corrected chi connectivity index (χ2v) is 5.67. The molecule has 0 saturated heterocycles. The third-order valence-corrected chi connectivity index (χ3v) is 2.61. The van der Waals surface area contributed by atoms with Gasteiger partial charge in [0, 0.05) is 6.54 Å². The average molecular weight is 305 g/mol. The van der Waals surface area contributed by atoms with E-state index >= 15 is 0 Å². The lowest BCUT2D eigenvalue weighted by atomic mass is 10.1. The molecule has 0 aliphatic heterocycles. The maximum absolute atomic E-state index is 13.0. The Kier molecular flexibility index (Phi) is 6.04. The first-order valence-corrected chi connectivity index (χ1v) is 6.75. The minimum atomic E-state index is -4.44. The predicted molar refractivity (Wildman–Crippen MR) is 75.4 cm³/mol. The molecule has 120 valence electrons. The summed E-state index contributed by atoms with van der Waals surface area (Å²) in [6.07, 6.45) is -4.44. The zero-order valence-corrected chi connectivity index (χ0v) is 12.8. The third kappa shape index (κ3) is 6.35. The van der Waals surface area contributed by atoms with E-state index in [-0.39, 0.29) is 24.6 Å².